The number of carbonyl (C=O) groups is 1. The minimum absolute atomic E-state index is 0.0620. The quantitative estimate of drug-likeness (QED) is 0.621. The minimum atomic E-state index is -0.634. The van der Waals surface area contributed by atoms with Gasteiger partial charge >= 0.3 is 0 Å². The SMILES string of the molecule is CC1(C)OC[C@]2(O[C@H]3OC4C[C@@]35[C@@H]2CC[C@H]5[C@@H]2C[CH]C3=CC(=O)CC[C@]3(C)[C@@H]42)O1. The number of rotatable bonds is 0. The van der Waals surface area contributed by atoms with Crippen molar-refractivity contribution in [2.24, 2.45) is 34.5 Å². The van der Waals surface area contributed by atoms with E-state index in [9.17, 15) is 4.79 Å². The maximum absolute atomic E-state index is 12.1. The number of ketones is 1. The molecule has 3 heterocycles. The molecule has 1 radical (unpaired) electrons. The van der Waals surface area contributed by atoms with Crippen LogP contribution in [0.2, 0.25) is 0 Å². The van der Waals surface area contributed by atoms with Crippen LogP contribution < -0.4 is 0 Å². The lowest BCUT2D eigenvalue weighted by Gasteiger charge is -2.57. The van der Waals surface area contributed by atoms with E-state index in [1.54, 1.807) is 0 Å². The summed E-state index contributed by atoms with van der Waals surface area (Å²) in [5, 5.41) is 0. The molecule has 7 rings (SSSR count). The maximum Gasteiger partial charge on any atom is 0.201 e. The van der Waals surface area contributed by atoms with Crippen LogP contribution in [0.3, 0.4) is 0 Å². The molecule has 3 saturated heterocycles. The lowest BCUT2D eigenvalue weighted by molar-refractivity contribution is -0.293. The first-order valence-electron chi connectivity index (χ1n) is 11.5. The molecule has 2 spiro atoms. The fourth-order valence-electron chi connectivity index (χ4n) is 8.96. The smallest absolute Gasteiger partial charge is 0.201 e. The third-order valence-electron chi connectivity index (χ3n) is 9.87. The van der Waals surface area contributed by atoms with Crippen molar-refractivity contribution in [2.75, 3.05) is 6.61 Å². The molecule has 157 valence electrons. The van der Waals surface area contributed by atoms with Crippen molar-refractivity contribution >= 4 is 5.78 Å². The summed E-state index contributed by atoms with van der Waals surface area (Å²) < 4.78 is 25.8. The zero-order valence-corrected chi connectivity index (χ0v) is 17.6. The van der Waals surface area contributed by atoms with Gasteiger partial charge in [0, 0.05) is 17.8 Å². The highest BCUT2D eigenvalue weighted by atomic mass is 16.9. The highest BCUT2D eigenvalue weighted by molar-refractivity contribution is 5.92. The Morgan fingerprint density at radius 2 is 2.03 bits per heavy atom. The number of ether oxygens (including phenoxy) is 4. The number of allylic oxidation sites excluding steroid dienone is 1. The van der Waals surface area contributed by atoms with E-state index in [4.69, 9.17) is 18.9 Å². The molecule has 9 atom stereocenters. The summed E-state index contributed by atoms with van der Waals surface area (Å²) in [5.74, 6) is 1.14. The summed E-state index contributed by atoms with van der Waals surface area (Å²) in [4.78, 5) is 12.1. The molecule has 1 unspecified atom stereocenters. The van der Waals surface area contributed by atoms with Gasteiger partial charge < -0.3 is 18.9 Å². The van der Waals surface area contributed by atoms with Gasteiger partial charge in [-0.15, -0.1) is 0 Å². The normalized spacial score (nSPS) is 58.9. The first-order chi connectivity index (χ1) is 13.8. The van der Waals surface area contributed by atoms with Crippen LogP contribution in [0.4, 0.5) is 0 Å². The van der Waals surface area contributed by atoms with Gasteiger partial charge in [-0.25, -0.2) is 0 Å². The van der Waals surface area contributed by atoms with Crippen LogP contribution in [0.5, 0.6) is 0 Å². The van der Waals surface area contributed by atoms with E-state index in [0.29, 0.717) is 36.7 Å². The molecule has 3 saturated carbocycles. The molecular weight excluding hydrogens is 368 g/mol. The van der Waals surface area contributed by atoms with Crippen LogP contribution in [0.25, 0.3) is 0 Å². The van der Waals surface area contributed by atoms with Gasteiger partial charge in [-0.2, -0.15) is 0 Å². The fraction of sp³-hybridized carbons (Fsp3) is 0.833. The Morgan fingerprint density at radius 1 is 1.17 bits per heavy atom. The summed E-state index contributed by atoms with van der Waals surface area (Å²) in [5.41, 5.74) is 1.41. The van der Waals surface area contributed by atoms with Crippen molar-refractivity contribution in [3.63, 3.8) is 0 Å². The van der Waals surface area contributed by atoms with Gasteiger partial charge in [-0.05, 0) is 81.6 Å². The third kappa shape index (κ3) is 1.96. The van der Waals surface area contributed by atoms with Crippen molar-refractivity contribution in [3.05, 3.63) is 18.1 Å². The Hall–Kier alpha value is -0.750. The zero-order valence-electron chi connectivity index (χ0n) is 17.6. The standard InChI is InChI=1S/C24H31O5/c1-21(2)26-12-24(29-21)18-7-6-16-15-5-4-13-10-14(25)8-9-22(13,3)19(15)17-11-23(16,18)20(27-17)28-24/h4,10,15-20H,5-9,11-12H2,1-3H3/t15-,16-,17?,18-,19+,20+,22-,23+,24-/m0/s1. The Labute approximate surface area is 172 Å². The van der Waals surface area contributed by atoms with Crippen molar-refractivity contribution in [1.82, 2.24) is 0 Å². The van der Waals surface area contributed by atoms with Gasteiger partial charge in [0.05, 0.1) is 6.10 Å². The van der Waals surface area contributed by atoms with Gasteiger partial charge in [0.25, 0.3) is 0 Å². The topological polar surface area (TPSA) is 54.0 Å². The predicted molar refractivity (Wildman–Crippen MR) is 103 cm³/mol. The molecule has 3 aliphatic heterocycles. The molecule has 0 aromatic carbocycles. The van der Waals surface area contributed by atoms with Gasteiger partial charge in [0.2, 0.25) is 5.79 Å². The second kappa shape index (κ2) is 5.17. The molecule has 2 bridgehead atoms. The summed E-state index contributed by atoms with van der Waals surface area (Å²) in [6.45, 7) is 6.87. The molecule has 0 amide bonds. The van der Waals surface area contributed by atoms with Crippen molar-refractivity contribution in [2.45, 2.75) is 83.3 Å². The Kier molecular flexibility index (Phi) is 3.19. The molecule has 0 aromatic heterocycles. The Bertz CT molecular complexity index is 833. The molecule has 4 aliphatic carbocycles. The molecule has 6 fully saturated rings. The lowest BCUT2D eigenvalue weighted by atomic mass is 9.46. The molecule has 5 nitrogen and oxygen atoms in total. The second-order valence-electron chi connectivity index (χ2n) is 11.4. The van der Waals surface area contributed by atoms with E-state index >= 15 is 0 Å². The van der Waals surface area contributed by atoms with Crippen molar-refractivity contribution in [3.8, 4) is 0 Å². The summed E-state index contributed by atoms with van der Waals surface area (Å²) in [6.07, 6.45) is 10.5. The molecule has 0 N–H and O–H groups in total. The lowest BCUT2D eigenvalue weighted by Crippen LogP contribution is -2.55. The maximum atomic E-state index is 12.1. The van der Waals surface area contributed by atoms with E-state index in [-0.39, 0.29) is 29.0 Å². The van der Waals surface area contributed by atoms with Crippen LogP contribution in [-0.4, -0.2) is 36.4 Å². The van der Waals surface area contributed by atoms with E-state index in [1.165, 1.54) is 12.0 Å². The predicted octanol–water partition coefficient (Wildman–Crippen LogP) is 3.77. The monoisotopic (exact) mass is 399 g/mol. The van der Waals surface area contributed by atoms with Crippen LogP contribution in [0, 0.1) is 40.9 Å². The van der Waals surface area contributed by atoms with Crippen LogP contribution in [0.15, 0.2) is 11.6 Å². The largest absolute Gasteiger partial charge is 0.348 e. The Balaban J connectivity index is 1.29. The van der Waals surface area contributed by atoms with Crippen LogP contribution in [0.1, 0.15) is 59.3 Å². The molecule has 29 heavy (non-hydrogen) atoms. The third-order valence-corrected chi connectivity index (χ3v) is 9.87. The van der Waals surface area contributed by atoms with Crippen molar-refractivity contribution < 1.29 is 23.7 Å². The van der Waals surface area contributed by atoms with E-state index < -0.39 is 11.6 Å². The first-order valence-corrected chi connectivity index (χ1v) is 11.5. The van der Waals surface area contributed by atoms with Gasteiger partial charge in [0.1, 0.15) is 6.61 Å². The van der Waals surface area contributed by atoms with E-state index in [0.717, 1.165) is 25.7 Å². The number of fused-ring (bicyclic) bond motifs is 7. The van der Waals surface area contributed by atoms with Gasteiger partial charge in [-0.3, -0.25) is 4.79 Å². The molecule has 0 aromatic rings. The number of hydrogen-bond donors (Lipinski definition) is 0. The van der Waals surface area contributed by atoms with Crippen LogP contribution >= 0.6 is 0 Å². The van der Waals surface area contributed by atoms with Crippen LogP contribution in [-0.2, 0) is 23.7 Å². The van der Waals surface area contributed by atoms with Gasteiger partial charge in [0.15, 0.2) is 17.9 Å². The molecule has 7 aliphatic rings. The molecule has 5 heteroatoms. The second-order valence-corrected chi connectivity index (χ2v) is 11.4. The number of hydrogen-bond acceptors (Lipinski definition) is 5. The highest BCUT2D eigenvalue weighted by Gasteiger charge is 2.79. The Morgan fingerprint density at radius 3 is 2.83 bits per heavy atom. The summed E-state index contributed by atoms with van der Waals surface area (Å²) in [6, 6.07) is 0. The fourth-order valence-corrected chi connectivity index (χ4v) is 8.96. The average molecular weight is 400 g/mol. The minimum Gasteiger partial charge on any atom is -0.348 e. The summed E-state index contributed by atoms with van der Waals surface area (Å²) in [7, 11) is 0. The number of carbonyl (C=O) groups excluding carboxylic acids is 1. The summed E-state index contributed by atoms with van der Waals surface area (Å²) >= 11 is 0. The van der Waals surface area contributed by atoms with E-state index in [2.05, 4.69) is 13.3 Å². The first kappa shape index (κ1) is 17.9. The molecular formula is C24H31O5. The van der Waals surface area contributed by atoms with Gasteiger partial charge in [-0.1, -0.05) is 12.5 Å². The van der Waals surface area contributed by atoms with E-state index in [1.807, 2.05) is 19.9 Å². The average Bonchev–Trinajstić information content (AvgIpc) is 3.33. The van der Waals surface area contributed by atoms with Crippen molar-refractivity contribution in [1.29, 1.82) is 0 Å². The zero-order chi connectivity index (χ0) is 19.8. The highest BCUT2D eigenvalue weighted by Crippen LogP contribution is 2.76.